The Hall–Kier alpha value is -0.910. The highest BCUT2D eigenvalue weighted by molar-refractivity contribution is 7.99. The molecule has 1 N–H and O–H groups in total. The third kappa shape index (κ3) is 5.16. The van der Waals surface area contributed by atoms with E-state index in [1.807, 2.05) is 11.8 Å². The van der Waals surface area contributed by atoms with Gasteiger partial charge in [-0.15, -0.1) is 24.1 Å². The molecule has 0 heterocycles. The molecule has 2 heteroatoms. The zero-order valence-electron chi connectivity index (χ0n) is 11.4. The van der Waals surface area contributed by atoms with Gasteiger partial charge >= 0.3 is 0 Å². The number of thioether (sulfide) groups is 1. The van der Waals surface area contributed by atoms with Crippen LogP contribution in [0.2, 0.25) is 0 Å². The predicted octanol–water partition coefficient (Wildman–Crippen LogP) is 4.25. The predicted molar refractivity (Wildman–Crippen MR) is 81.9 cm³/mol. The molecule has 1 aromatic carbocycles. The molecule has 0 saturated carbocycles. The number of rotatable bonds is 8. The number of hydrogen-bond acceptors (Lipinski definition) is 2. The highest BCUT2D eigenvalue weighted by Gasteiger charge is 2.09. The lowest BCUT2D eigenvalue weighted by atomic mass is 10.0. The molecule has 0 spiro atoms. The van der Waals surface area contributed by atoms with Crippen molar-refractivity contribution in [2.75, 3.05) is 12.3 Å². The minimum atomic E-state index is 0.390. The lowest BCUT2D eigenvalue weighted by molar-refractivity contribution is 0.505. The standard InChI is InChI=1S/C16H23NS/c1-4-7-8-16(17-13-5-2)14-9-11-15(12-10-14)18-6-3/h1,9-12,16-17H,5-8,13H2,2-3H3. The Morgan fingerprint density at radius 3 is 2.56 bits per heavy atom. The topological polar surface area (TPSA) is 12.0 Å². The van der Waals surface area contributed by atoms with E-state index in [1.165, 1.54) is 10.5 Å². The summed E-state index contributed by atoms with van der Waals surface area (Å²) in [6.45, 7) is 5.41. The molecule has 0 radical (unpaired) electrons. The summed E-state index contributed by atoms with van der Waals surface area (Å²) in [5, 5.41) is 3.57. The van der Waals surface area contributed by atoms with E-state index in [0.717, 1.165) is 31.6 Å². The Bertz CT molecular complexity index is 364. The van der Waals surface area contributed by atoms with Crippen LogP contribution in [-0.2, 0) is 0 Å². The quantitative estimate of drug-likeness (QED) is 0.554. The maximum absolute atomic E-state index is 5.37. The van der Waals surface area contributed by atoms with E-state index in [0.29, 0.717) is 6.04 Å². The van der Waals surface area contributed by atoms with Crippen LogP contribution in [0.15, 0.2) is 29.2 Å². The average molecular weight is 261 g/mol. The van der Waals surface area contributed by atoms with Gasteiger partial charge in [-0.2, -0.15) is 0 Å². The first-order chi connectivity index (χ1) is 8.81. The van der Waals surface area contributed by atoms with Gasteiger partial charge < -0.3 is 5.32 Å². The van der Waals surface area contributed by atoms with Crippen molar-refractivity contribution in [1.82, 2.24) is 5.32 Å². The molecule has 0 amide bonds. The van der Waals surface area contributed by atoms with E-state index < -0.39 is 0 Å². The van der Waals surface area contributed by atoms with Gasteiger partial charge in [0.2, 0.25) is 0 Å². The summed E-state index contributed by atoms with van der Waals surface area (Å²) in [4.78, 5) is 1.34. The van der Waals surface area contributed by atoms with Crippen LogP contribution in [0.4, 0.5) is 0 Å². The zero-order valence-corrected chi connectivity index (χ0v) is 12.2. The average Bonchev–Trinajstić information content (AvgIpc) is 2.41. The Morgan fingerprint density at radius 2 is 2.00 bits per heavy atom. The Balaban J connectivity index is 2.67. The van der Waals surface area contributed by atoms with Crippen LogP contribution < -0.4 is 5.32 Å². The van der Waals surface area contributed by atoms with E-state index in [4.69, 9.17) is 6.42 Å². The van der Waals surface area contributed by atoms with Crippen LogP contribution in [-0.4, -0.2) is 12.3 Å². The monoisotopic (exact) mass is 261 g/mol. The van der Waals surface area contributed by atoms with Gasteiger partial charge in [-0.3, -0.25) is 0 Å². The molecular weight excluding hydrogens is 238 g/mol. The van der Waals surface area contributed by atoms with Crippen LogP contribution in [0, 0.1) is 12.3 Å². The molecular formula is C16H23NS. The van der Waals surface area contributed by atoms with Gasteiger partial charge in [0.05, 0.1) is 0 Å². The maximum atomic E-state index is 5.37. The second kappa shape index (κ2) is 9.08. The molecule has 0 bridgehead atoms. The van der Waals surface area contributed by atoms with Crippen molar-refractivity contribution < 1.29 is 0 Å². The maximum Gasteiger partial charge on any atom is 0.0329 e. The van der Waals surface area contributed by atoms with Gasteiger partial charge in [0.1, 0.15) is 0 Å². The molecule has 0 aromatic heterocycles. The number of benzene rings is 1. The van der Waals surface area contributed by atoms with Gasteiger partial charge in [-0.25, -0.2) is 0 Å². The second-order valence-electron chi connectivity index (χ2n) is 4.25. The molecule has 0 aliphatic heterocycles. The first-order valence-electron chi connectivity index (χ1n) is 6.71. The Labute approximate surface area is 116 Å². The van der Waals surface area contributed by atoms with E-state index >= 15 is 0 Å². The number of terminal acetylenes is 1. The Kier molecular flexibility index (Phi) is 7.64. The van der Waals surface area contributed by atoms with E-state index in [2.05, 4.69) is 49.4 Å². The minimum absolute atomic E-state index is 0.390. The first kappa shape index (κ1) is 15.1. The molecule has 0 fully saturated rings. The highest BCUT2D eigenvalue weighted by Crippen LogP contribution is 2.23. The van der Waals surface area contributed by atoms with Gasteiger partial charge in [0, 0.05) is 17.4 Å². The van der Waals surface area contributed by atoms with Crippen LogP contribution in [0.1, 0.15) is 44.7 Å². The van der Waals surface area contributed by atoms with Crippen LogP contribution in [0.25, 0.3) is 0 Å². The fourth-order valence-corrected chi connectivity index (χ4v) is 2.56. The van der Waals surface area contributed by atoms with Crippen molar-refractivity contribution in [3.8, 4) is 12.3 Å². The molecule has 0 saturated heterocycles. The first-order valence-corrected chi connectivity index (χ1v) is 7.70. The molecule has 0 aliphatic rings. The summed E-state index contributed by atoms with van der Waals surface area (Å²) in [7, 11) is 0. The van der Waals surface area contributed by atoms with Crippen LogP contribution in [0.3, 0.4) is 0 Å². The smallest absolute Gasteiger partial charge is 0.0329 e. The summed E-state index contributed by atoms with van der Waals surface area (Å²) in [6.07, 6.45) is 8.35. The summed E-state index contributed by atoms with van der Waals surface area (Å²) < 4.78 is 0. The van der Waals surface area contributed by atoms with E-state index in [9.17, 15) is 0 Å². The largest absolute Gasteiger partial charge is 0.310 e. The fraction of sp³-hybridized carbons (Fsp3) is 0.500. The Morgan fingerprint density at radius 1 is 1.28 bits per heavy atom. The van der Waals surface area contributed by atoms with E-state index in [-0.39, 0.29) is 0 Å². The zero-order chi connectivity index (χ0) is 13.2. The fourth-order valence-electron chi connectivity index (χ4n) is 1.90. The normalized spacial score (nSPS) is 12.1. The molecule has 18 heavy (non-hydrogen) atoms. The lowest BCUT2D eigenvalue weighted by Crippen LogP contribution is -2.22. The second-order valence-corrected chi connectivity index (χ2v) is 5.59. The lowest BCUT2D eigenvalue weighted by Gasteiger charge is -2.18. The molecule has 1 nitrogen and oxygen atoms in total. The third-order valence-electron chi connectivity index (χ3n) is 2.81. The summed E-state index contributed by atoms with van der Waals surface area (Å²) >= 11 is 1.88. The minimum Gasteiger partial charge on any atom is -0.310 e. The third-order valence-corrected chi connectivity index (χ3v) is 3.71. The van der Waals surface area contributed by atoms with Gasteiger partial charge in [-0.1, -0.05) is 26.0 Å². The molecule has 0 aliphatic carbocycles. The number of hydrogen-bond donors (Lipinski definition) is 1. The highest BCUT2D eigenvalue weighted by atomic mass is 32.2. The summed E-state index contributed by atoms with van der Waals surface area (Å²) in [6, 6.07) is 9.26. The molecule has 98 valence electrons. The van der Waals surface area contributed by atoms with Crippen molar-refractivity contribution in [1.29, 1.82) is 0 Å². The molecule has 1 aromatic rings. The van der Waals surface area contributed by atoms with Crippen molar-refractivity contribution >= 4 is 11.8 Å². The molecule has 1 rings (SSSR count). The van der Waals surface area contributed by atoms with Crippen molar-refractivity contribution in [2.45, 2.75) is 44.0 Å². The summed E-state index contributed by atoms with van der Waals surface area (Å²) in [5.41, 5.74) is 1.35. The van der Waals surface area contributed by atoms with E-state index in [1.54, 1.807) is 0 Å². The summed E-state index contributed by atoms with van der Waals surface area (Å²) in [5.74, 6) is 3.85. The van der Waals surface area contributed by atoms with Crippen molar-refractivity contribution in [3.05, 3.63) is 29.8 Å². The van der Waals surface area contributed by atoms with Gasteiger partial charge in [0.25, 0.3) is 0 Å². The van der Waals surface area contributed by atoms with Gasteiger partial charge in [0.15, 0.2) is 0 Å². The van der Waals surface area contributed by atoms with Gasteiger partial charge in [-0.05, 0) is 42.8 Å². The molecule has 1 atom stereocenters. The van der Waals surface area contributed by atoms with Crippen LogP contribution in [0.5, 0.6) is 0 Å². The van der Waals surface area contributed by atoms with Crippen LogP contribution >= 0.6 is 11.8 Å². The SMILES string of the molecule is C#CCCC(NCCC)c1ccc(SCC)cc1. The molecule has 1 unspecified atom stereocenters. The van der Waals surface area contributed by atoms with Crippen molar-refractivity contribution in [3.63, 3.8) is 0 Å². The number of nitrogens with one attached hydrogen (secondary N) is 1. The van der Waals surface area contributed by atoms with Crippen molar-refractivity contribution in [2.24, 2.45) is 0 Å².